The topological polar surface area (TPSA) is 175 Å². The molecular weight excluding hydrogens is 405 g/mol. The highest BCUT2D eigenvalue weighted by atomic mass is 31.2. The Morgan fingerprint density at radius 3 is 2.76 bits per heavy atom. The van der Waals surface area contributed by atoms with Gasteiger partial charge in [0.2, 0.25) is 5.95 Å². The minimum Gasteiger partial charge on any atom is -0.508 e. The number of aromatic amines is 1. The highest BCUT2D eigenvalue weighted by molar-refractivity contribution is 7.47. The highest BCUT2D eigenvalue weighted by Gasteiger charge is 2.25. The molecule has 12 nitrogen and oxygen atoms in total. The first-order valence-electron chi connectivity index (χ1n) is 8.48. The number of phosphoric ester groups is 1. The number of hydrogen-bond donors (Lipinski definition) is 4. The number of anilines is 1. The fourth-order valence-corrected chi connectivity index (χ4v) is 3.36. The highest BCUT2D eigenvalue weighted by Crippen LogP contribution is 2.47. The van der Waals surface area contributed by atoms with Gasteiger partial charge in [0.1, 0.15) is 12.5 Å². The fraction of sp³-hybridized carbons (Fsp3) is 0.312. The second kappa shape index (κ2) is 8.72. The number of aromatic nitrogens is 4. The Kier molecular flexibility index (Phi) is 6.30. The van der Waals surface area contributed by atoms with Crippen molar-refractivity contribution in [1.29, 1.82) is 0 Å². The number of nitrogens with one attached hydrogen (secondary N) is 1. The van der Waals surface area contributed by atoms with Gasteiger partial charge < -0.3 is 20.5 Å². The van der Waals surface area contributed by atoms with Crippen molar-refractivity contribution >= 4 is 24.9 Å². The van der Waals surface area contributed by atoms with Gasteiger partial charge in [-0.25, -0.2) is 9.55 Å². The average Bonchev–Trinajstić information content (AvgIpc) is 3.04. The van der Waals surface area contributed by atoms with Crippen LogP contribution in [-0.2, 0) is 25.1 Å². The van der Waals surface area contributed by atoms with Crippen molar-refractivity contribution in [3.63, 3.8) is 0 Å². The van der Waals surface area contributed by atoms with E-state index in [4.69, 9.17) is 19.5 Å². The maximum absolute atomic E-state index is 12.0. The van der Waals surface area contributed by atoms with Gasteiger partial charge in [0, 0.05) is 0 Å². The van der Waals surface area contributed by atoms with Crippen LogP contribution in [0.4, 0.5) is 5.95 Å². The molecule has 0 fully saturated rings. The fourth-order valence-electron chi connectivity index (χ4n) is 2.48. The molecule has 0 aliphatic heterocycles. The molecule has 1 aromatic carbocycles. The summed E-state index contributed by atoms with van der Waals surface area (Å²) in [5.74, 6) is 0.0309. The lowest BCUT2D eigenvalue weighted by molar-refractivity contribution is 0.0380. The first kappa shape index (κ1) is 21.0. The molecule has 0 aliphatic rings. The van der Waals surface area contributed by atoms with Crippen molar-refractivity contribution in [3.05, 3.63) is 46.5 Å². The second-order valence-corrected chi connectivity index (χ2v) is 7.42. The van der Waals surface area contributed by atoms with Gasteiger partial charge in [0.05, 0.1) is 25.6 Å². The zero-order valence-corrected chi connectivity index (χ0v) is 16.3. The SMILES string of the molecule is CC(OP(=O)(O)OCCOCn1cnc2c(=O)[nH]c(N)nc21)c1ccc(O)cc1. The summed E-state index contributed by atoms with van der Waals surface area (Å²) in [5.41, 5.74) is 6.03. The number of rotatable bonds is 9. The van der Waals surface area contributed by atoms with Crippen LogP contribution in [0.3, 0.4) is 0 Å². The van der Waals surface area contributed by atoms with Crippen molar-refractivity contribution in [2.75, 3.05) is 18.9 Å². The second-order valence-electron chi connectivity index (χ2n) is 6.02. The van der Waals surface area contributed by atoms with Crippen molar-refractivity contribution in [2.45, 2.75) is 19.8 Å². The molecule has 0 saturated carbocycles. The Bertz CT molecular complexity index is 1080. The Balaban J connectivity index is 1.47. The van der Waals surface area contributed by atoms with Crippen molar-refractivity contribution < 1.29 is 28.3 Å². The smallest absolute Gasteiger partial charge is 0.472 e. The molecule has 2 atom stereocenters. The summed E-state index contributed by atoms with van der Waals surface area (Å²) >= 11 is 0. The number of nitrogens with zero attached hydrogens (tertiary/aromatic N) is 3. The van der Waals surface area contributed by atoms with Crippen LogP contribution in [0.2, 0.25) is 0 Å². The number of phosphoric acid groups is 1. The molecule has 0 saturated heterocycles. The molecule has 0 amide bonds. The first-order valence-corrected chi connectivity index (χ1v) is 9.98. The van der Waals surface area contributed by atoms with E-state index in [-0.39, 0.29) is 42.8 Å². The Hall–Kier alpha value is -2.76. The van der Waals surface area contributed by atoms with E-state index in [0.29, 0.717) is 5.56 Å². The van der Waals surface area contributed by atoms with Gasteiger partial charge in [-0.3, -0.25) is 23.4 Å². The third kappa shape index (κ3) is 5.40. The van der Waals surface area contributed by atoms with Gasteiger partial charge >= 0.3 is 7.82 Å². The van der Waals surface area contributed by atoms with Gasteiger partial charge in [-0.05, 0) is 24.6 Å². The van der Waals surface area contributed by atoms with E-state index in [9.17, 15) is 19.4 Å². The van der Waals surface area contributed by atoms with Gasteiger partial charge in [0.25, 0.3) is 5.56 Å². The van der Waals surface area contributed by atoms with E-state index in [1.54, 1.807) is 19.1 Å². The zero-order chi connectivity index (χ0) is 21.0. The molecule has 2 aromatic heterocycles. The number of nitrogen functional groups attached to an aromatic ring is 1. The molecule has 3 rings (SSSR count). The molecule has 2 heterocycles. The summed E-state index contributed by atoms with van der Waals surface area (Å²) in [5, 5.41) is 9.28. The minimum atomic E-state index is -4.31. The van der Waals surface area contributed by atoms with Gasteiger partial charge in [-0.2, -0.15) is 4.98 Å². The van der Waals surface area contributed by atoms with Crippen molar-refractivity contribution in [1.82, 2.24) is 19.5 Å². The predicted molar refractivity (Wildman–Crippen MR) is 102 cm³/mol. The lowest BCUT2D eigenvalue weighted by Gasteiger charge is -2.18. The van der Waals surface area contributed by atoms with Crippen LogP contribution in [0.15, 0.2) is 35.4 Å². The minimum absolute atomic E-state index is 0.0176. The van der Waals surface area contributed by atoms with Crippen molar-refractivity contribution in [2.24, 2.45) is 0 Å². The summed E-state index contributed by atoms with van der Waals surface area (Å²) in [4.78, 5) is 31.8. The Morgan fingerprint density at radius 2 is 2.03 bits per heavy atom. The monoisotopic (exact) mass is 425 g/mol. The van der Waals surface area contributed by atoms with E-state index in [2.05, 4.69) is 15.0 Å². The number of phenolic OH excluding ortho intramolecular Hbond substituents is 1. The summed E-state index contributed by atoms with van der Waals surface area (Å²) in [6, 6.07) is 6.04. The van der Waals surface area contributed by atoms with E-state index in [1.165, 1.54) is 23.0 Å². The van der Waals surface area contributed by atoms with Crippen molar-refractivity contribution in [3.8, 4) is 5.75 Å². The molecule has 0 spiro atoms. The molecule has 0 radical (unpaired) electrons. The number of nitrogens with two attached hydrogens (primary N) is 1. The van der Waals surface area contributed by atoms with E-state index < -0.39 is 19.5 Å². The largest absolute Gasteiger partial charge is 0.508 e. The number of fused-ring (bicyclic) bond motifs is 1. The average molecular weight is 425 g/mol. The van der Waals surface area contributed by atoms with Gasteiger partial charge in [-0.15, -0.1) is 0 Å². The molecule has 0 bridgehead atoms. The van der Waals surface area contributed by atoms with Crippen LogP contribution in [0.1, 0.15) is 18.6 Å². The van der Waals surface area contributed by atoms with E-state index >= 15 is 0 Å². The zero-order valence-electron chi connectivity index (χ0n) is 15.4. The predicted octanol–water partition coefficient (Wildman–Crippen LogP) is 1.28. The quantitative estimate of drug-likeness (QED) is 0.289. The first-order chi connectivity index (χ1) is 13.7. The lowest BCUT2D eigenvalue weighted by Crippen LogP contribution is -2.13. The maximum atomic E-state index is 12.0. The Morgan fingerprint density at radius 1 is 1.31 bits per heavy atom. The summed E-state index contributed by atoms with van der Waals surface area (Å²) < 4.78 is 28.8. The molecule has 0 aliphatic carbocycles. The number of benzene rings is 1. The number of hydrogen-bond acceptors (Lipinski definition) is 9. The molecule has 29 heavy (non-hydrogen) atoms. The molecule has 2 unspecified atom stereocenters. The van der Waals surface area contributed by atoms with E-state index in [0.717, 1.165) is 0 Å². The molecule has 3 aromatic rings. The number of phenols is 1. The van der Waals surface area contributed by atoms with Crippen LogP contribution in [0, 0.1) is 0 Å². The number of ether oxygens (including phenoxy) is 1. The molecule has 5 N–H and O–H groups in total. The maximum Gasteiger partial charge on any atom is 0.472 e. The third-order valence-electron chi connectivity index (χ3n) is 3.86. The van der Waals surface area contributed by atoms with Gasteiger partial charge in [0.15, 0.2) is 11.2 Å². The number of aromatic hydroxyl groups is 1. The molecular formula is C16H20N5O7P. The Labute approximate surface area is 164 Å². The summed E-state index contributed by atoms with van der Waals surface area (Å²) in [6.45, 7) is 1.33. The number of H-pyrrole nitrogens is 1. The van der Waals surface area contributed by atoms with E-state index in [1.807, 2.05) is 0 Å². The number of imidazole rings is 1. The molecule has 156 valence electrons. The van der Waals surface area contributed by atoms with Crippen LogP contribution < -0.4 is 11.3 Å². The summed E-state index contributed by atoms with van der Waals surface area (Å²) in [6.07, 6.45) is 0.645. The standard InChI is InChI=1S/C16H20N5O7P/c1-10(11-2-4-12(22)5-3-11)28-29(24,25)27-7-6-26-9-21-8-18-13-14(21)19-16(17)20-15(13)23/h2-5,8,10,22H,6-7,9H2,1H3,(H,24,25)(H3,17,19,20,23). The summed E-state index contributed by atoms with van der Waals surface area (Å²) in [7, 11) is -4.31. The normalized spacial score (nSPS) is 14.7. The van der Waals surface area contributed by atoms with Gasteiger partial charge in [-0.1, -0.05) is 12.1 Å². The lowest BCUT2D eigenvalue weighted by atomic mass is 10.1. The third-order valence-corrected chi connectivity index (χ3v) is 4.95. The van der Waals surface area contributed by atoms with Crippen LogP contribution in [0.25, 0.3) is 11.2 Å². The van der Waals surface area contributed by atoms with Crippen LogP contribution in [0.5, 0.6) is 5.75 Å². The van der Waals surface area contributed by atoms with Crippen LogP contribution >= 0.6 is 7.82 Å². The molecule has 13 heteroatoms. The van der Waals surface area contributed by atoms with Crippen LogP contribution in [-0.4, -0.2) is 42.7 Å².